The van der Waals surface area contributed by atoms with Crippen molar-refractivity contribution in [3.63, 3.8) is 0 Å². The largest absolute Gasteiger partial charge is 0.359 e. The number of hydrogen-bond acceptors (Lipinski definition) is 2. The maximum absolute atomic E-state index is 14.7. The van der Waals surface area contributed by atoms with Crippen molar-refractivity contribution in [3.05, 3.63) is 24.1 Å². The zero-order valence-electron chi connectivity index (χ0n) is 16.3. The molecule has 2 aliphatic carbocycles. The van der Waals surface area contributed by atoms with Gasteiger partial charge in [0.1, 0.15) is 5.83 Å². The Morgan fingerprint density at radius 1 is 1.15 bits per heavy atom. The molecule has 0 N–H and O–H groups in total. The summed E-state index contributed by atoms with van der Waals surface area (Å²) >= 11 is 0. The fourth-order valence-electron chi connectivity index (χ4n) is 4.24. The highest BCUT2D eigenvalue weighted by atomic mass is 19.2. The molecule has 2 atom stereocenters. The Hall–Kier alpha value is -1.03. The van der Waals surface area contributed by atoms with Crippen LogP contribution in [-0.4, -0.2) is 24.2 Å². The molecule has 2 nitrogen and oxygen atoms in total. The summed E-state index contributed by atoms with van der Waals surface area (Å²) in [5.74, 6) is -0.196. The van der Waals surface area contributed by atoms with Gasteiger partial charge in [-0.15, -0.1) is 0 Å². The topological polar surface area (TPSA) is 26.3 Å². The van der Waals surface area contributed by atoms with Crippen LogP contribution in [0.2, 0.25) is 0 Å². The molecule has 1 fully saturated rings. The third kappa shape index (κ3) is 5.25. The molecule has 2 aliphatic rings. The van der Waals surface area contributed by atoms with E-state index in [0.717, 1.165) is 56.9 Å². The van der Waals surface area contributed by atoms with Crippen molar-refractivity contribution in [1.29, 1.82) is 0 Å². The van der Waals surface area contributed by atoms with E-state index in [1.54, 1.807) is 0 Å². The molecule has 2 unspecified atom stereocenters. The maximum atomic E-state index is 14.7. The number of halogens is 2. The van der Waals surface area contributed by atoms with Gasteiger partial charge >= 0.3 is 0 Å². The number of ketones is 1. The first-order chi connectivity index (χ1) is 12.5. The molecule has 2 rings (SSSR count). The molecule has 0 aliphatic heterocycles. The van der Waals surface area contributed by atoms with Crippen LogP contribution in [0.1, 0.15) is 78.1 Å². The summed E-state index contributed by atoms with van der Waals surface area (Å²) in [5, 5.41) is 0. The predicted octanol–water partition coefficient (Wildman–Crippen LogP) is 6.26. The normalized spacial score (nSPS) is 31.7. The molecular formula is C22H34F2O2. The van der Waals surface area contributed by atoms with Crippen LogP contribution in [0, 0.1) is 11.8 Å². The molecule has 4 heteroatoms. The second kappa shape index (κ2) is 10.3. The highest BCUT2D eigenvalue weighted by Gasteiger charge is 2.49. The van der Waals surface area contributed by atoms with E-state index in [0.29, 0.717) is 0 Å². The Morgan fingerprint density at radius 3 is 2.50 bits per heavy atom. The van der Waals surface area contributed by atoms with Crippen molar-refractivity contribution >= 4 is 5.78 Å². The standard InChI is InChI=1S/C22H34F2O2/c1-3-5-6-15-26-22(14-7-9-19(23)21(22)24)20(25)16-18-12-10-17(8-4-2)11-13-18/h7,9,14,17-18,21H,3-6,8,10-13,15-16H2,1-2H3/t17-,18-,21?,22?. The molecule has 0 spiro atoms. The number of Topliss-reactive ketones (excluding diaryl/α,β-unsaturated/α-hetero) is 1. The molecule has 0 radical (unpaired) electrons. The van der Waals surface area contributed by atoms with Crippen LogP contribution in [-0.2, 0) is 9.53 Å². The number of carbonyl (C=O) groups is 1. The molecular weight excluding hydrogens is 334 g/mol. The van der Waals surface area contributed by atoms with Gasteiger partial charge in [-0.05, 0) is 43.3 Å². The lowest BCUT2D eigenvalue weighted by Gasteiger charge is -2.36. The van der Waals surface area contributed by atoms with Crippen molar-refractivity contribution in [3.8, 4) is 0 Å². The summed E-state index contributed by atoms with van der Waals surface area (Å²) in [6, 6.07) is 0. The molecule has 0 aromatic carbocycles. The summed E-state index contributed by atoms with van der Waals surface area (Å²) in [6.07, 6.45) is 11.6. The van der Waals surface area contributed by atoms with E-state index in [9.17, 15) is 13.6 Å². The summed E-state index contributed by atoms with van der Waals surface area (Å²) in [4.78, 5) is 13.0. The third-order valence-electron chi connectivity index (χ3n) is 5.88. The molecule has 26 heavy (non-hydrogen) atoms. The summed E-state index contributed by atoms with van der Waals surface area (Å²) in [6.45, 7) is 4.55. The van der Waals surface area contributed by atoms with Crippen LogP contribution in [0.15, 0.2) is 24.1 Å². The molecule has 0 saturated heterocycles. The Kier molecular flexibility index (Phi) is 8.46. The number of hydrogen-bond donors (Lipinski definition) is 0. The van der Waals surface area contributed by atoms with Gasteiger partial charge in [-0.1, -0.05) is 58.4 Å². The minimum absolute atomic E-state index is 0.265. The van der Waals surface area contributed by atoms with Crippen LogP contribution in [0.4, 0.5) is 8.78 Å². The molecule has 0 aromatic heterocycles. The number of rotatable bonds is 10. The number of alkyl halides is 1. The van der Waals surface area contributed by atoms with E-state index in [1.807, 2.05) is 0 Å². The zero-order valence-corrected chi connectivity index (χ0v) is 16.3. The lowest BCUT2D eigenvalue weighted by Crippen LogP contribution is -2.50. The van der Waals surface area contributed by atoms with Crippen molar-refractivity contribution in [2.75, 3.05) is 6.61 Å². The molecule has 0 aromatic rings. The van der Waals surface area contributed by atoms with Gasteiger partial charge < -0.3 is 4.74 Å². The second-order valence-electron chi connectivity index (χ2n) is 7.92. The quantitative estimate of drug-likeness (QED) is 0.425. The van der Waals surface area contributed by atoms with Gasteiger partial charge in [0.15, 0.2) is 17.6 Å². The van der Waals surface area contributed by atoms with Gasteiger partial charge in [0, 0.05) is 13.0 Å². The highest BCUT2D eigenvalue weighted by molar-refractivity contribution is 5.91. The Labute approximate surface area is 157 Å². The molecule has 1 saturated carbocycles. The van der Waals surface area contributed by atoms with Gasteiger partial charge in [-0.25, -0.2) is 8.78 Å². The van der Waals surface area contributed by atoms with Gasteiger partial charge in [-0.3, -0.25) is 4.79 Å². The van der Waals surface area contributed by atoms with Gasteiger partial charge in [0.2, 0.25) is 0 Å². The second-order valence-corrected chi connectivity index (χ2v) is 7.92. The first-order valence-corrected chi connectivity index (χ1v) is 10.4. The molecule has 0 heterocycles. The van der Waals surface area contributed by atoms with Crippen LogP contribution in [0.25, 0.3) is 0 Å². The van der Waals surface area contributed by atoms with Crippen LogP contribution in [0.5, 0.6) is 0 Å². The Balaban J connectivity index is 2.00. The van der Waals surface area contributed by atoms with Crippen LogP contribution >= 0.6 is 0 Å². The average molecular weight is 369 g/mol. The van der Waals surface area contributed by atoms with Gasteiger partial charge in [0.25, 0.3) is 0 Å². The predicted molar refractivity (Wildman–Crippen MR) is 101 cm³/mol. The highest BCUT2D eigenvalue weighted by Crippen LogP contribution is 2.38. The van der Waals surface area contributed by atoms with Gasteiger partial charge in [-0.2, -0.15) is 0 Å². The zero-order chi connectivity index (χ0) is 19.0. The molecule has 0 bridgehead atoms. The van der Waals surface area contributed by atoms with E-state index in [1.165, 1.54) is 25.0 Å². The first-order valence-electron chi connectivity index (χ1n) is 10.4. The number of carbonyl (C=O) groups excluding carboxylic acids is 1. The van der Waals surface area contributed by atoms with E-state index in [2.05, 4.69) is 13.8 Å². The molecule has 148 valence electrons. The fourth-order valence-corrected chi connectivity index (χ4v) is 4.24. The number of unbranched alkanes of at least 4 members (excludes halogenated alkanes) is 2. The van der Waals surface area contributed by atoms with E-state index < -0.39 is 17.6 Å². The first kappa shape index (κ1) is 21.3. The lowest BCUT2D eigenvalue weighted by molar-refractivity contribution is -0.147. The lowest BCUT2D eigenvalue weighted by atomic mass is 9.75. The van der Waals surface area contributed by atoms with Crippen LogP contribution in [0.3, 0.4) is 0 Å². The van der Waals surface area contributed by atoms with Crippen molar-refractivity contribution in [2.24, 2.45) is 11.8 Å². The van der Waals surface area contributed by atoms with Crippen molar-refractivity contribution in [2.45, 2.75) is 89.8 Å². The van der Waals surface area contributed by atoms with Crippen molar-refractivity contribution in [1.82, 2.24) is 0 Å². The monoisotopic (exact) mass is 368 g/mol. The maximum Gasteiger partial charge on any atom is 0.191 e. The number of allylic oxidation sites excluding steroid dienone is 2. The fraction of sp³-hybridized carbons (Fsp3) is 0.773. The Bertz CT molecular complexity index is 506. The third-order valence-corrected chi connectivity index (χ3v) is 5.88. The minimum atomic E-state index is -2.03. The SMILES string of the molecule is CCCCCOC1(C(=O)C[C@H]2CC[C@H](CCC)CC2)C=CC=C(F)C1F. The van der Waals surface area contributed by atoms with E-state index in [-0.39, 0.29) is 24.7 Å². The summed E-state index contributed by atoms with van der Waals surface area (Å²) < 4.78 is 34.4. The number of ether oxygens (including phenoxy) is 1. The van der Waals surface area contributed by atoms with Gasteiger partial charge in [0.05, 0.1) is 0 Å². The smallest absolute Gasteiger partial charge is 0.191 e. The summed E-state index contributed by atoms with van der Waals surface area (Å²) in [5.41, 5.74) is -1.77. The Morgan fingerprint density at radius 2 is 1.85 bits per heavy atom. The molecule has 0 amide bonds. The van der Waals surface area contributed by atoms with Crippen molar-refractivity contribution < 1.29 is 18.3 Å². The summed E-state index contributed by atoms with van der Waals surface area (Å²) in [7, 11) is 0. The van der Waals surface area contributed by atoms with E-state index >= 15 is 0 Å². The average Bonchev–Trinajstić information content (AvgIpc) is 2.64. The van der Waals surface area contributed by atoms with Crippen LogP contribution < -0.4 is 0 Å². The van der Waals surface area contributed by atoms with E-state index in [4.69, 9.17) is 4.74 Å². The minimum Gasteiger partial charge on any atom is -0.359 e.